The zero-order chi connectivity index (χ0) is 26.8. The predicted octanol–water partition coefficient (Wildman–Crippen LogP) is 6.34. The first kappa shape index (κ1) is 26.1. The molecule has 198 valence electrons. The van der Waals surface area contributed by atoms with E-state index in [1.807, 2.05) is 25.1 Å². The number of rotatable bonds is 5. The Morgan fingerprint density at radius 3 is 2.51 bits per heavy atom. The van der Waals surface area contributed by atoms with Crippen molar-refractivity contribution < 1.29 is 22.4 Å². The van der Waals surface area contributed by atoms with E-state index in [1.165, 1.54) is 6.07 Å². The van der Waals surface area contributed by atoms with Gasteiger partial charge in [-0.1, -0.05) is 22.0 Å². The number of amides is 1. The fourth-order valence-corrected chi connectivity index (χ4v) is 5.79. The van der Waals surface area contributed by atoms with E-state index in [0.29, 0.717) is 36.5 Å². The third kappa shape index (κ3) is 5.26. The second kappa shape index (κ2) is 9.06. The minimum Gasteiger partial charge on any atom is -0.368 e. The summed E-state index contributed by atoms with van der Waals surface area (Å²) in [4.78, 5) is 24.2. The first-order valence-corrected chi connectivity index (χ1v) is 13.3. The van der Waals surface area contributed by atoms with Gasteiger partial charge in [0, 0.05) is 47.1 Å². The number of pyridine rings is 1. The van der Waals surface area contributed by atoms with Gasteiger partial charge in [0.1, 0.15) is 22.7 Å². The van der Waals surface area contributed by atoms with Crippen LogP contribution < -0.4 is 10.2 Å². The number of piperidine rings is 1. The average Bonchev–Trinajstić information content (AvgIpc) is 3.59. The number of anilines is 1. The van der Waals surface area contributed by atoms with Gasteiger partial charge < -0.3 is 10.2 Å². The predicted molar refractivity (Wildman–Crippen MR) is 138 cm³/mol. The second-order valence-corrected chi connectivity index (χ2v) is 11.9. The van der Waals surface area contributed by atoms with E-state index < -0.39 is 23.1 Å². The third-order valence-electron chi connectivity index (χ3n) is 7.31. The van der Waals surface area contributed by atoms with E-state index in [4.69, 9.17) is 4.99 Å². The summed E-state index contributed by atoms with van der Waals surface area (Å²) in [6, 6.07) is 8.06. The molecule has 5 rings (SSSR count). The highest BCUT2D eigenvalue weighted by molar-refractivity contribution is 9.10. The van der Waals surface area contributed by atoms with Crippen LogP contribution in [0.2, 0.25) is 0 Å². The molecule has 37 heavy (non-hydrogen) atoms. The number of carbonyl (C=O) groups excluding carboxylic acids is 1. The summed E-state index contributed by atoms with van der Waals surface area (Å²) >= 11 is 3.52. The molecule has 1 aromatic heterocycles. The SMILES string of the molecule is C[C@H]1C[C@@]2(CCN1c1cc(Br)ccc1CC(C)(C)F)N=C(c1ccc(C(F)(F)F)nc1C1CC1)NC2=O. The van der Waals surface area contributed by atoms with Gasteiger partial charge in [0.15, 0.2) is 0 Å². The Kier molecular flexibility index (Phi) is 6.40. The van der Waals surface area contributed by atoms with Gasteiger partial charge in [-0.05, 0) is 69.9 Å². The van der Waals surface area contributed by atoms with Gasteiger partial charge in [0.25, 0.3) is 5.91 Å². The first-order valence-electron chi connectivity index (χ1n) is 12.5. The van der Waals surface area contributed by atoms with Crippen LogP contribution in [0.15, 0.2) is 39.8 Å². The molecule has 1 spiro atoms. The molecule has 1 N–H and O–H groups in total. The Bertz CT molecular complexity index is 1270. The van der Waals surface area contributed by atoms with E-state index in [2.05, 4.69) is 31.1 Å². The maximum absolute atomic E-state index is 14.5. The number of nitrogens with zero attached hydrogens (tertiary/aromatic N) is 3. The van der Waals surface area contributed by atoms with E-state index in [0.717, 1.165) is 34.6 Å². The minimum absolute atomic E-state index is 0.0519. The number of aliphatic imine (C=N–C) groups is 1. The molecular weight excluding hydrogens is 552 g/mol. The lowest BCUT2D eigenvalue weighted by Gasteiger charge is -2.43. The van der Waals surface area contributed by atoms with Gasteiger partial charge in [0.2, 0.25) is 0 Å². The Labute approximate surface area is 221 Å². The van der Waals surface area contributed by atoms with Gasteiger partial charge >= 0.3 is 6.18 Å². The molecule has 3 aliphatic rings. The summed E-state index contributed by atoms with van der Waals surface area (Å²) in [5, 5.41) is 2.85. The lowest BCUT2D eigenvalue weighted by Crippen LogP contribution is -2.53. The molecule has 2 aliphatic heterocycles. The molecule has 2 aromatic rings. The molecule has 10 heteroatoms. The number of aromatic nitrogens is 1. The summed E-state index contributed by atoms with van der Waals surface area (Å²) < 4.78 is 55.3. The second-order valence-electron chi connectivity index (χ2n) is 11.0. The standard InChI is InChI=1S/C27H29BrF4N4O/c1-15-13-26(10-11-36(15)20-12-18(28)7-6-17(20)14-25(2,3)29)24(37)34-23(35-26)19-8-9-21(27(30,31)32)33-22(19)16-4-5-16/h6-9,12,15-16H,4-5,10-11,13-14H2,1-3H3,(H,34,35,37)/t15-,26+/m0/s1. The van der Waals surface area contributed by atoms with Gasteiger partial charge in [-0.25, -0.2) is 9.37 Å². The molecule has 1 aliphatic carbocycles. The number of carbonyl (C=O) groups is 1. The monoisotopic (exact) mass is 580 g/mol. The van der Waals surface area contributed by atoms with Crippen molar-refractivity contribution in [1.29, 1.82) is 0 Å². The minimum atomic E-state index is -4.53. The molecule has 0 unspecified atom stereocenters. The van der Waals surface area contributed by atoms with E-state index >= 15 is 0 Å². The van der Waals surface area contributed by atoms with Crippen LogP contribution in [-0.2, 0) is 17.4 Å². The summed E-state index contributed by atoms with van der Waals surface area (Å²) in [5.74, 6) is 0.00928. The van der Waals surface area contributed by atoms with Crippen molar-refractivity contribution in [2.45, 2.75) is 82.2 Å². The molecule has 1 amide bonds. The average molecular weight is 581 g/mol. The highest BCUT2D eigenvalue weighted by atomic mass is 79.9. The van der Waals surface area contributed by atoms with Crippen LogP contribution in [0.1, 0.15) is 74.9 Å². The number of benzene rings is 1. The van der Waals surface area contributed by atoms with Crippen LogP contribution in [0, 0.1) is 0 Å². The Morgan fingerprint density at radius 1 is 1.16 bits per heavy atom. The summed E-state index contributed by atoms with van der Waals surface area (Å²) in [5.41, 5.74) is -0.667. The third-order valence-corrected chi connectivity index (χ3v) is 7.81. The molecule has 5 nitrogen and oxygen atoms in total. The number of hydrogen-bond donors (Lipinski definition) is 1. The molecule has 1 saturated carbocycles. The van der Waals surface area contributed by atoms with E-state index in [-0.39, 0.29) is 24.3 Å². The largest absolute Gasteiger partial charge is 0.433 e. The summed E-state index contributed by atoms with van der Waals surface area (Å²) in [6.07, 6.45) is -1.87. The highest BCUT2D eigenvalue weighted by Crippen LogP contribution is 2.44. The van der Waals surface area contributed by atoms with Gasteiger partial charge in [-0.2, -0.15) is 13.2 Å². The number of nitrogens with one attached hydrogen (secondary N) is 1. The maximum Gasteiger partial charge on any atom is 0.433 e. The van der Waals surface area contributed by atoms with Crippen molar-refractivity contribution >= 4 is 33.4 Å². The molecule has 0 bridgehead atoms. The highest BCUT2D eigenvalue weighted by Gasteiger charge is 2.49. The van der Waals surface area contributed by atoms with Crippen LogP contribution in [0.25, 0.3) is 0 Å². The Morgan fingerprint density at radius 2 is 1.89 bits per heavy atom. The zero-order valence-corrected chi connectivity index (χ0v) is 22.5. The smallest absolute Gasteiger partial charge is 0.368 e. The maximum atomic E-state index is 14.5. The van der Waals surface area contributed by atoms with Crippen molar-refractivity contribution in [2.24, 2.45) is 4.99 Å². The van der Waals surface area contributed by atoms with Crippen molar-refractivity contribution in [2.75, 3.05) is 11.4 Å². The molecule has 3 heterocycles. The number of hydrogen-bond acceptors (Lipinski definition) is 4. The first-order chi connectivity index (χ1) is 17.3. The molecule has 1 saturated heterocycles. The molecule has 2 atom stereocenters. The number of amidine groups is 1. The number of halogens is 5. The topological polar surface area (TPSA) is 57.6 Å². The normalized spacial score (nSPS) is 24.4. The van der Waals surface area contributed by atoms with E-state index in [9.17, 15) is 22.4 Å². The molecular formula is C27H29BrF4N4O. The van der Waals surface area contributed by atoms with Gasteiger partial charge in [0.05, 0.1) is 5.69 Å². The number of alkyl halides is 4. The lowest BCUT2D eigenvalue weighted by molar-refractivity contribution is -0.141. The summed E-state index contributed by atoms with van der Waals surface area (Å²) in [6.45, 7) is 5.65. The van der Waals surface area contributed by atoms with Crippen LogP contribution in [0.4, 0.5) is 23.2 Å². The van der Waals surface area contributed by atoms with Crippen LogP contribution >= 0.6 is 15.9 Å². The van der Waals surface area contributed by atoms with Crippen molar-refractivity contribution in [3.8, 4) is 0 Å². The van der Waals surface area contributed by atoms with Crippen molar-refractivity contribution in [3.63, 3.8) is 0 Å². The fourth-order valence-electron chi connectivity index (χ4n) is 5.44. The lowest BCUT2D eigenvalue weighted by atomic mass is 9.83. The zero-order valence-electron chi connectivity index (χ0n) is 20.9. The molecule has 0 radical (unpaired) electrons. The molecule has 1 aromatic carbocycles. The van der Waals surface area contributed by atoms with Crippen LogP contribution in [0.3, 0.4) is 0 Å². The van der Waals surface area contributed by atoms with Gasteiger partial charge in [-0.3, -0.25) is 9.79 Å². The van der Waals surface area contributed by atoms with Gasteiger partial charge in [-0.15, -0.1) is 0 Å². The Hall–Kier alpha value is -2.49. The molecule has 2 fully saturated rings. The Balaban J connectivity index is 1.43. The van der Waals surface area contributed by atoms with Crippen molar-refractivity contribution in [1.82, 2.24) is 10.3 Å². The fraction of sp³-hybridized carbons (Fsp3) is 0.519. The van der Waals surface area contributed by atoms with Crippen molar-refractivity contribution in [3.05, 3.63) is 57.3 Å². The quantitative estimate of drug-likeness (QED) is 0.420. The van der Waals surface area contributed by atoms with E-state index in [1.54, 1.807) is 13.8 Å². The van der Waals surface area contributed by atoms with Crippen LogP contribution in [0.5, 0.6) is 0 Å². The van der Waals surface area contributed by atoms with Crippen LogP contribution in [-0.4, -0.2) is 40.5 Å². The summed E-state index contributed by atoms with van der Waals surface area (Å²) in [7, 11) is 0.